The predicted molar refractivity (Wildman–Crippen MR) is 139 cm³/mol. The number of hydrogen-bond donors (Lipinski definition) is 1. The topological polar surface area (TPSA) is 53.6 Å². The van der Waals surface area contributed by atoms with Crippen LogP contribution in [0.15, 0.2) is 60.8 Å². The van der Waals surface area contributed by atoms with Crippen LogP contribution in [0, 0.1) is 0 Å². The van der Waals surface area contributed by atoms with Gasteiger partial charge in [-0.3, -0.25) is 9.88 Å². The largest absolute Gasteiger partial charge is 0.493 e. The van der Waals surface area contributed by atoms with Crippen molar-refractivity contribution in [2.45, 2.75) is 19.9 Å². The lowest BCUT2D eigenvalue weighted by Crippen LogP contribution is -2.48. The molecule has 0 unspecified atom stereocenters. The molecule has 0 aliphatic carbocycles. The molecule has 3 heterocycles. The maximum Gasteiger partial charge on any atom is 0.161 e. The Labute approximate surface area is 201 Å². The third-order valence-electron chi connectivity index (χ3n) is 6.77. The first kappa shape index (κ1) is 22.3. The standard InChI is InChI=1S/C28H32N4O2/c1-19(2)31-11-13-32(14-12-31)23-8-5-20(6-9-23)24-17-26-22(18-29-24)15-25(30-26)21-7-10-27(33-3)28(16-21)34-4/h5-10,15-19,30H,11-14H2,1-4H3. The molecular formula is C28H32N4O2. The summed E-state index contributed by atoms with van der Waals surface area (Å²) in [6, 6.07) is 19.6. The smallest absolute Gasteiger partial charge is 0.161 e. The van der Waals surface area contributed by atoms with Gasteiger partial charge in [0.15, 0.2) is 11.5 Å². The highest BCUT2D eigenvalue weighted by molar-refractivity contribution is 5.88. The molecule has 0 bridgehead atoms. The Kier molecular flexibility index (Phi) is 6.16. The van der Waals surface area contributed by atoms with Crippen LogP contribution in [0.25, 0.3) is 33.4 Å². The second-order valence-corrected chi connectivity index (χ2v) is 9.07. The molecule has 2 aromatic heterocycles. The second kappa shape index (κ2) is 9.39. The van der Waals surface area contributed by atoms with Crippen molar-refractivity contribution in [1.29, 1.82) is 0 Å². The van der Waals surface area contributed by atoms with E-state index in [0.717, 1.165) is 65.3 Å². The summed E-state index contributed by atoms with van der Waals surface area (Å²) in [4.78, 5) is 13.3. The predicted octanol–water partition coefficient (Wildman–Crippen LogP) is 5.44. The fraction of sp³-hybridized carbons (Fsp3) is 0.321. The summed E-state index contributed by atoms with van der Waals surface area (Å²) in [6.45, 7) is 8.93. The highest BCUT2D eigenvalue weighted by Crippen LogP contribution is 2.34. The molecule has 4 aromatic rings. The molecule has 1 fully saturated rings. The average Bonchev–Trinajstić information content (AvgIpc) is 3.32. The molecule has 2 aromatic carbocycles. The summed E-state index contributed by atoms with van der Waals surface area (Å²) in [7, 11) is 3.30. The van der Waals surface area contributed by atoms with Crippen molar-refractivity contribution in [3.05, 3.63) is 60.8 Å². The van der Waals surface area contributed by atoms with Crippen LogP contribution in [-0.4, -0.2) is 61.3 Å². The zero-order valence-electron chi connectivity index (χ0n) is 20.3. The molecule has 0 radical (unpaired) electrons. The van der Waals surface area contributed by atoms with E-state index in [1.165, 1.54) is 5.69 Å². The Morgan fingerprint density at radius 1 is 0.824 bits per heavy atom. The van der Waals surface area contributed by atoms with E-state index in [0.29, 0.717) is 11.8 Å². The van der Waals surface area contributed by atoms with Gasteiger partial charge in [0.1, 0.15) is 0 Å². The van der Waals surface area contributed by atoms with E-state index in [4.69, 9.17) is 14.5 Å². The molecule has 1 aliphatic rings. The molecule has 0 saturated carbocycles. The number of nitrogens with zero attached hydrogens (tertiary/aromatic N) is 3. The van der Waals surface area contributed by atoms with Gasteiger partial charge in [-0.1, -0.05) is 12.1 Å². The third-order valence-corrected chi connectivity index (χ3v) is 6.77. The van der Waals surface area contributed by atoms with E-state index in [9.17, 15) is 0 Å². The molecule has 0 spiro atoms. The first-order valence-electron chi connectivity index (χ1n) is 11.9. The molecule has 0 amide bonds. The molecule has 5 rings (SSSR count). The van der Waals surface area contributed by atoms with Gasteiger partial charge in [0.05, 0.1) is 19.9 Å². The number of nitrogens with one attached hydrogen (secondary N) is 1. The highest BCUT2D eigenvalue weighted by atomic mass is 16.5. The van der Waals surface area contributed by atoms with Crippen molar-refractivity contribution < 1.29 is 9.47 Å². The summed E-state index contributed by atoms with van der Waals surface area (Å²) in [5.41, 5.74) is 6.48. The van der Waals surface area contributed by atoms with Crippen LogP contribution >= 0.6 is 0 Å². The molecule has 0 atom stereocenters. The minimum absolute atomic E-state index is 0.616. The van der Waals surface area contributed by atoms with Crippen LogP contribution in [0.5, 0.6) is 11.5 Å². The zero-order valence-corrected chi connectivity index (χ0v) is 20.3. The molecule has 6 heteroatoms. The van der Waals surface area contributed by atoms with Crippen LogP contribution < -0.4 is 14.4 Å². The van der Waals surface area contributed by atoms with Crippen LogP contribution in [0.1, 0.15) is 13.8 Å². The maximum absolute atomic E-state index is 5.46. The van der Waals surface area contributed by atoms with Crippen molar-refractivity contribution in [1.82, 2.24) is 14.9 Å². The SMILES string of the molecule is COc1ccc(-c2cc3cnc(-c4ccc(N5CCN(C(C)C)CC5)cc4)cc3[nH]2)cc1OC. The first-order valence-corrected chi connectivity index (χ1v) is 11.9. The number of rotatable bonds is 6. The number of aromatic amines is 1. The van der Waals surface area contributed by atoms with E-state index < -0.39 is 0 Å². The summed E-state index contributed by atoms with van der Waals surface area (Å²) in [5.74, 6) is 1.43. The Hall–Kier alpha value is -3.51. The number of hydrogen-bond acceptors (Lipinski definition) is 5. The van der Waals surface area contributed by atoms with Gasteiger partial charge in [-0.25, -0.2) is 0 Å². The number of H-pyrrole nitrogens is 1. The number of aromatic nitrogens is 2. The number of fused-ring (bicyclic) bond motifs is 1. The normalized spacial score (nSPS) is 14.7. The fourth-order valence-corrected chi connectivity index (χ4v) is 4.68. The minimum Gasteiger partial charge on any atom is -0.493 e. The van der Waals surface area contributed by atoms with E-state index in [2.05, 4.69) is 65.0 Å². The van der Waals surface area contributed by atoms with Gasteiger partial charge in [0.25, 0.3) is 0 Å². The lowest BCUT2D eigenvalue weighted by Gasteiger charge is -2.38. The van der Waals surface area contributed by atoms with Crippen LogP contribution in [-0.2, 0) is 0 Å². The number of piperazine rings is 1. The fourth-order valence-electron chi connectivity index (χ4n) is 4.68. The lowest BCUT2D eigenvalue weighted by atomic mass is 10.1. The first-order chi connectivity index (χ1) is 16.6. The van der Waals surface area contributed by atoms with E-state index in [1.807, 2.05) is 24.4 Å². The summed E-state index contributed by atoms with van der Waals surface area (Å²) >= 11 is 0. The van der Waals surface area contributed by atoms with Gasteiger partial charge >= 0.3 is 0 Å². The van der Waals surface area contributed by atoms with Crippen molar-refractivity contribution in [2.75, 3.05) is 45.3 Å². The molecular weight excluding hydrogens is 424 g/mol. The Morgan fingerprint density at radius 3 is 2.21 bits per heavy atom. The van der Waals surface area contributed by atoms with E-state index in [1.54, 1.807) is 14.2 Å². The molecule has 6 nitrogen and oxygen atoms in total. The average molecular weight is 457 g/mol. The van der Waals surface area contributed by atoms with Gasteiger partial charge in [0.2, 0.25) is 0 Å². The summed E-state index contributed by atoms with van der Waals surface area (Å²) in [5, 5.41) is 1.08. The van der Waals surface area contributed by atoms with Gasteiger partial charge in [0, 0.05) is 71.8 Å². The molecule has 1 aliphatic heterocycles. The van der Waals surface area contributed by atoms with Gasteiger partial charge in [-0.15, -0.1) is 0 Å². The van der Waals surface area contributed by atoms with E-state index in [-0.39, 0.29) is 0 Å². The van der Waals surface area contributed by atoms with Gasteiger partial charge in [-0.05, 0) is 56.3 Å². The number of methoxy groups -OCH3 is 2. The van der Waals surface area contributed by atoms with Gasteiger partial charge < -0.3 is 19.4 Å². The number of benzene rings is 2. The molecule has 1 saturated heterocycles. The van der Waals surface area contributed by atoms with Crippen LogP contribution in [0.4, 0.5) is 5.69 Å². The minimum atomic E-state index is 0.616. The molecule has 176 valence electrons. The lowest BCUT2D eigenvalue weighted by molar-refractivity contribution is 0.209. The third kappa shape index (κ3) is 4.33. The van der Waals surface area contributed by atoms with Crippen LogP contribution in [0.2, 0.25) is 0 Å². The van der Waals surface area contributed by atoms with Crippen LogP contribution in [0.3, 0.4) is 0 Å². The molecule has 34 heavy (non-hydrogen) atoms. The van der Waals surface area contributed by atoms with Crippen molar-refractivity contribution in [3.8, 4) is 34.0 Å². The Morgan fingerprint density at radius 2 is 1.53 bits per heavy atom. The highest BCUT2D eigenvalue weighted by Gasteiger charge is 2.19. The molecule has 1 N–H and O–H groups in total. The quantitative estimate of drug-likeness (QED) is 0.418. The summed E-state index contributed by atoms with van der Waals surface area (Å²) in [6.07, 6.45) is 1.93. The van der Waals surface area contributed by atoms with Crippen molar-refractivity contribution in [2.24, 2.45) is 0 Å². The van der Waals surface area contributed by atoms with Gasteiger partial charge in [-0.2, -0.15) is 0 Å². The maximum atomic E-state index is 5.46. The zero-order chi connectivity index (χ0) is 23.7. The number of pyridine rings is 1. The van der Waals surface area contributed by atoms with Crippen molar-refractivity contribution >= 4 is 16.6 Å². The second-order valence-electron chi connectivity index (χ2n) is 9.07. The van der Waals surface area contributed by atoms with E-state index >= 15 is 0 Å². The Balaban J connectivity index is 1.36. The summed E-state index contributed by atoms with van der Waals surface area (Å²) < 4.78 is 10.8. The Bertz CT molecular complexity index is 1270. The monoisotopic (exact) mass is 456 g/mol. The number of ether oxygens (including phenoxy) is 2. The number of anilines is 1. The van der Waals surface area contributed by atoms with Crippen molar-refractivity contribution in [3.63, 3.8) is 0 Å².